The zero-order valence-corrected chi connectivity index (χ0v) is 12.6. The van der Waals surface area contributed by atoms with E-state index in [2.05, 4.69) is 0 Å². The standard InChI is InChI=1S/C16H22O4/c1-5-19-16(18)15-12(4)7-6-8-13(15)9-14(17)20-10-11(2)3/h6-8,11H,5,9-10H2,1-4H3. The third-order valence-corrected chi connectivity index (χ3v) is 2.75. The molecule has 0 atom stereocenters. The van der Waals surface area contributed by atoms with Crippen molar-refractivity contribution in [1.29, 1.82) is 0 Å². The summed E-state index contributed by atoms with van der Waals surface area (Å²) >= 11 is 0. The highest BCUT2D eigenvalue weighted by atomic mass is 16.5. The maximum atomic E-state index is 12.0. The molecule has 20 heavy (non-hydrogen) atoms. The molecule has 0 unspecified atom stereocenters. The van der Waals surface area contributed by atoms with Crippen LogP contribution in [0.5, 0.6) is 0 Å². The molecule has 110 valence electrons. The monoisotopic (exact) mass is 278 g/mol. The molecule has 1 aromatic carbocycles. The first-order valence-electron chi connectivity index (χ1n) is 6.87. The molecule has 0 aromatic heterocycles. The van der Waals surface area contributed by atoms with Crippen molar-refractivity contribution in [2.75, 3.05) is 13.2 Å². The summed E-state index contributed by atoms with van der Waals surface area (Å²) in [6, 6.07) is 5.41. The minimum atomic E-state index is -0.391. The summed E-state index contributed by atoms with van der Waals surface area (Å²) in [4.78, 5) is 23.7. The van der Waals surface area contributed by atoms with Crippen molar-refractivity contribution in [3.63, 3.8) is 0 Å². The second-order valence-corrected chi connectivity index (χ2v) is 5.08. The Morgan fingerprint density at radius 2 is 1.90 bits per heavy atom. The summed E-state index contributed by atoms with van der Waals surface area (Å²) in [5, 5.41) is 0. The highest BCUT2D eigenvalue weighted by Crippen LogP contribution is 2.17. The Labute approximate surface area is 120 Å². The molecule has 0 saturated heterocycles. The zero-order chi connectivity index (χ0) is 15.1. The van der Waals surface area contributed by atoms with Crippen molar-refractivity contribution in [2.45, 2.75) is 34.1 Å². The summed E-state index contributed by atoms with van der Waals surface area (Å²) < 4.78 is 10.2. The van der Waals surface area contributed by atoms with E-state index in [4.69, 9.17) is 9.47 Å². The molecule has 0 bridgehead atoms. The van der Waals surface area contributed by atoms with Gasteiger partial charge in [-0.2, -0.15) is 0 Å². The first-order chi connectivity index (χ1) is 9.45. The van der Waals surface area contributed by atoms with Gasteiger partial charge in [0.05, 0.1) is 25.2 Å². The van der Waals surface area contributed by atoms with Gasteiger partial charge in [0.25, 0.3) is 0 Å². The zero-order valence-electron chi connectivity index (χ0n) is 12.6. The van der Waals surface area contributed by atoms with Gasteiger partial charge in [-0.15, -0.1) is 0 Å². The van der Waals surface area contributed by atoms with E-state index in [0.29, 0.717) is 30.3 Å². The van der Waals surface area contributed by atoms with Gasteiger partial charge in [-0.05, 0) is 30.9 Å². The molecule has 0 fully saturated rings. The van der Waals surface area contributed by atoms with Crippen LogP contribution in [-0.2, 0) is 20.7 Å². The highest BCUT2D eigenvalue weighted by molar-refractivity contribution is 5.94. The molecule has 0 aliphatic heterocycles. The first kappa shape index (κ1) is 16.2. The summed E-state index contributed by atoms with van der Waals surface area (Å²) in [7, 11) is 0. The van der Waals surface area contributed by atoms with Crippen molar-refractivity contribution in [3.05, 3.63) is 34.9 Å². The fourth-order valence-electron chi connectivity index (χ4n) is 1.84. The Morgan fingerprint density at radius 1 is 1.20 bits per heavy atom. The fraction of sp³-hybridized carbons (Fsp3) is 0.500. The lowest BCUT2D eigenvalue weighted by atomic mass is 9.99. The fourth-order valence-corrected chi connectivity index (χ4v) is 1.84. The van der Waals surface area contributed by atoms with Gasteiger partial charge in [-0.3, -0.25) is 4.79 Å². The van der Waals surface area contributed by atoms with Crippen LogP contribution in [0.15, 0.2) is 18.2 Å². The van der Waals surface area contributed by atoms with E-state index in [0.717, 1.165) is 5.56 Å². The largest absolute Gasteiger partial charge is 0.465 e. The number of esters is 2. The molecule has 4 nitrogen and oxygen atoms in total. The van der Waals surface area contributed by atoms with Crippen LogP contribution < -0.4 is 0 Å². The second kappa shape index (κ2) is 7.68. The van der Waals surface area contributed by atoms with E-state index in [9.17, 15) is 9.59 Å². The van der Waals surface area contributed by atoms with Crippen LogP contribution >= 0.6 is 0 Å². The van der Waals surface area contributed by atoms with Crippen LogP contribution in [0.1, 0.15) is 42.3 Å². The van der Waals surface area contributed by atoms with Gasteiger partial charge in [-0.1, -0.05) is 32.0 Å². The number of hydrogen-bond donors (Lipinski definition) is 0. The van der Waals surface area contributed by atoms with E-state index in [1.54, 1.807) is 13.0 Å². The van der Waals surface area contributed by atoms with Crippen LogP contribution in [0, 0.1) is 12.8 Å². The van der Waals surface area contributed by atoms with E-state index in [1.165, 1.54) is 0 Å². The molecule has 0 amide bonds. The Bertz CT molecular complexity index is 477. The predicted octanol–water partition coefficient (Wildman–Crippen LogP) is 2.91. The molecule has 0 aliphatic carbocycles. The topological polar surface area (TPSA) is 52.6 Å². The molecule has 1 aromatic rings. The van der Waals surface area contributed by atoms with Gasteiger partial charge < -0.3 is 9.47 Å². The summed E-state index contributed by atoms with van der Waals surface area (Å²) in [6.45, 7) is 8.24. The minimum absolute atomic E-state index is 0.0859. The molecule has 0 radical (unpaired) electrons. The van der Waals surface area contributed by atoms with E-state index in [-0.39, 0.29) is 12.4 Å². The smallest absolute Gasteiger partial charge is 0.338 e. The van der Waals surface area contributed by atoms with Gasteiger partial charge in [0.2, 0.25) is 0 Å². The molecule has 0 spiro atoms. The summed E-state index contributed by atoms with van der Waals surface area (Å²) in [5.74, 6) is -0.423. The molecule has 0 saturated carbocycles. The number of aryl methyl sites for hydroxylation is 1. The van der Waals surface area contributed by atoms with Gasteiger partial charge in [0.15, 0.2) is 0 Å². The predicted molar refractivity (Wildman–Crippen MR) is 76.6 cm³/mol. The number of carbonyl (C=O) groups is 2. The Balaban J connectivity index is 2.86. The van der Waals surface area contributed by atoms with Crippen molar-refractivity contribution in [2.24, 2.45) is 5.92 Å². The minimum Gasteiger partial charge on any atom is -0.465 e. The van der Waals surface area contributed by atoms with Crippen molar-refractivity contribution in [3.8, 4) is 0 Å². The highest BCUT2D eigenvalue weighted by Gasteiger charge is 2.18. The molecule has 4 heteroatoms. The van der Waals surface area contributed by atoms with Crippen LogP contribution in [-0.4, -0.2) is 25.2 Å². The van der Waals surface area contributed by atoms with E-state index in [1.807, 2.05) is 32.9 Å². The number of ether oxygens (including phenoxy) is 2. The average molecular weight is 278 g/mol. The number of hydrogen-bond acceptors (Lipinski definition) is 4. The molecule has 0 aliphatic rings. The summed E-state index contributed by atoms with van der Waals surface area (Å²) in [5.41, 5.74) is 1.92. The van der Waals surface area contributed by atoms with Gasteiger partial charge in [0, 0.05) is 0 Å². The summed E-state index contributed by atoms with van der Waals surface area (Å²) in [6.07, 6.45) is 0.0859. The SMILES string of the molecule is CCOC(=O)c1c(C)cccc1CC(=O)OCC(C)C. The Hall–Kier alpha value is -1.84. The van der Waals surface area contributed by atoms with Gasteiger partial charge in [-0.25, -0.2) is 4.79 Å². The van der Waals surface area contributed by atoms with Crippen LogP contribution in [0.4, 0.5) is 0 Å². The maximum Gasteiger partial charge on any atom is 0.338 e. The number of benzene rings is 1. The maximum absolute atomic E-state index is 12.0. The van der Waals surface area contributed by atoms with Crippen LogP contribution in [0.3, 0.4) is 0 Å². The van der Waals surface area contributed by atoms with Crippen molar-refractivity contribution in [1.82, 2.24) is 0 Å². The quantitative estimate of drug-likeness (QED) is 0.751. The molecule has 0 N–H and O–H groups in total. The van der Waals surface area contributed by atoms with Gasteiger partial charge >= 0.3 is 11.9 Å². The molecule has 0 heterocycles. The lowest BCUT2D eigenvalue weighted by molar-refractivity contribution is -0.143. The Morgan fingerprint density at radius 3 is 2.50 bits per heavy atom. The van der Waals surface area contributed by atoms with Crippen molar-refractivity contribution < 1.29 is 19.1 Å². The lowest BCUT2D eigenvalue weighted by Crippen LogP contribution is -2.16. The lowest BCUT2D eigenvalue weighted by Gasteiger charge is -2.12. The molecule has 1 rings (SSSR count). The third kappa shape index (κ3) is 4.68. The van der Waals surface area contributed by atoms with Crippen molar-refractivity contribution >= 4 is 11.9 Å². The number of rotatable bonds is 6. The first-order valence-corrected chi connectivity index (χ1v) is 6.87. The second-order valence-electron chi connectivity index (χ2n) is 5.08. The average Bonchev–Trinajstić information content (AvgIpc) is 2.36. The normalized spacial score (nSPS) is 10.4. The van der Waals surface area contributed by atoms with Gasteiger partial charge in [0.1, 0.15) is 0 Å². The molecular formula is C16H22O4. The van der Waals surface area contributed by atoms with Crippen LogP contribution in [0.2, 0.25) is 0 Å². The van der Waals surface area contributed by atoms with E-state index < -0.39 is 5.97 Å². The Kier molecular flexibility index (Phi) is 6.22. The number of carbonyl (C=O) groups excluding carboxylic acids is 2. The third-order valence-electron chi connectivity index (χ3n) is 2.75. The molecular weight excluding hydrogens is 256 g/mol. The van der Waals surface area contributed by atoms with E-state index >= 15 is 0 Å². The van der Waals surface area contributed by atoms with Crippen LogP contribution in [0.25, 0.3) is 0 Å².